The van der Waals surface area contributed by atoms with E-state index in [9.17, 15) is 18.3 Å². The molecule has 246 valence electrons. The molecule has 0 aliphatic carbocycles. The molecule has 0 saturated carbocycles. The second-order valence-corrected chi connectivity index (χ2v) is 14.5. The van der Waals surface area contributed by atoms with Crippen LogP contribution in [-0.2, 0) is 37.2 Å². The van der Waals surface area contributed by atoms with Crippen molar-refractivity contribution in [1.82, 2.24) is 20.1 Å². The SMILES string of the molecule is CC(C)CN(C[C@@H](O)[C@H](Cc1ccccc1)NC(=O)O[C@H]1CO[C@H]2OCC[C@H]21)S(=O)(=O)c1ccc2onc(CNC(C)C)c2c1. The van der Waals surface area contributed by atoms with Crippen LogP contribution in [0, 0.1) is 11.8 Å². The zero-order valence-electron chi connectivity index (χ0n) is 26.2. The highest BCUT2D eigenvalue weighted by Crippen LogP contribution is 2.33. The van der Waals surface area contributed by atoms with Crippen LogP contribution in [0.4, 0.5) is 4.79 Å². The van der Waals surface area contributed by atoms with Gasteiger partial charge in [-0.3, -0.25) is 0 Å². The highest BCUT2D eigenvalue weighted by atomic mass is 32.2. The number of aromatic nitrogens is 1. The predicted molar refractivity (Wildman–Crippen MR) is 167 cm³/mol. The summed E-state index contributed by atoms with van der Waals surface area (Å²) in [4.78, 5) is 13.2. The van der Waals surface area contributed by atoms with Crippen molar-refractivity contribution in [3.8, 4) is 0 Å². The molecular formula is C32H44N4O8S. The summed E-state index contributed by atoms with van der Waals surface area (Å²) in [6.07, 6.45) is -1.78. The fourth-order valence-corrected chi connectivity index (χ4v) is 7.39. The van der Waals surface area contributed by atoms with Gasteiger partial charge in [0.2, 0.25) is 10.0 Å². The number of aliphatic hydroxyl groups excluding tert-OH is 1. The number of fused-ring (bicyclic) bond motifs is 2. The molecule has 0 spiro atoms. The lowest BCUT2D eigenvalue weighted by Gasteiger charge is -2.31. The molecule has 3 heterocycles. The maximum Gasteiger partial charge on any atom is 0.407 e. The van der Waals surface area contributed by atoms with E-state index in [4.69, 9.17) is 18.7 Å². The molecule has 2 saturated heterocycles. The zero-order chi connectivity index (χ0) is 32.1. The van der Waals surface area contributed by atoms with Crippen LogP contribution >= 0.6 is 0 Å². The lowest BCUT2D eigenvalue weighted by Crippen LogP contribution is -2.51. The van der Waals surface area contributed by atoms with Crippen molar-refractivity contribution < 1.29 is 37.1 Å². The Bertz CT molecular complexity index is 1530. The number of carbonyl (C=O) groups excluding carboxylic acids is 1. The Morgan fingerprint density at radius 3 is 2.62 bits per heavy atom. The van der Waals surface area contributed by atoms with Crippen molar-refractivity contribution in [3.05, 3.63) is 59.8 Å². The van der Waals surface area contributed by atoms with Gasteiger partial charge in [0.15, 0.2) is 11.9 Å². The van der Waals surface area contributed by atoms with Gasteiger partial charge in [0, 0.05) is 31.1 Å². The molecule has 12 nitrogen and oxygen atoms in total. The lowest BCUT2D eigenvalue weighted by atomic mass is 10.0. The number of rotatable bonds is 14. The van der Waals surface area contributed by atoms with Gasteiger partial charge in [0.05, 0.1) is 36.2 Å². The Morgan fingerprint density at radius 2 is 1.89 bits per heavy atom. The summed E-state index contributed by atoms with van der Waals surface area (Å²) in [5.41, 5.74) is 1.97. The summed E-state index contributed by atoms with van der Waals surface area (Å²) in [6, 6.07) is 13.4. The molecule has 45 heavy (non-hydrogen) atoms. The van der Waals surface area contributed by atoms with Crippen molar-refractivity contribution in [2.75, 3.05) is 26.3 Å². The second-order valence-electron chi connectivity index (χ2n) is 12.5. The Labute approximate surface area is 264 Å². The molecule has 1 aromatic heterocycles. The first-order valence-corrected chi connectivity index (χ1v) is 17.0. The van der Waals surface area contributed by atoms with Crippen LogP contribution in [0.2, 0.25) is 0 Å². The van der Waals surface area contributed by atoms with E-state index in [0.717, 1.165) is 12.0 Å². The van der Waals surface area contributed by atoms with Crippen LogP contribution in [0.15, 0.2) is 57.9 Å². The molecule has 2 aromatic carbocycles. The molecule has 3 N–H and O–H groups in total. The Balaban J connectivity index is 1.36. The fraction of sp³-hybridized carbons (Fsp3) is 0.562. The third-order valence-corrected chi connectivity index (χ3v) is 9.93. The number of aliphatic hydroxyl groups is 1. The number of benzene rings is 2. The first-order chi connectivity index (χ1) is 21.5. The monoisotopic (exact) mass is 644 g/mol. The van der Waals surface area contributed by atoms with E-state index in [1.165, 1.54) is 10.4 Å². The number of hydrogen-bond acceptors (Lipinski definition) is 10. The molecule has 1 amide bonds. The minimum Gasteiger partial charge on any atom is -0.443 e. The standard InChI is InChI=1S/C32H44N4O8S/c1-20(2)17-36(45(39,40)23-10-11-29-25(15-23)27(35-44-29)16-33-21(3)4)18-28(37)26(14-22-8-6-5-7-9-22)34-32(38)43-30-19-42-31-24(30)12-13-41-31/h5-11,15,20-21,24,26,28,30-31,33,37H,12-14,16-19H2,1-4H3,(H,34,38)/t24-,26-,28+,30-,31+/m0/s1. The Kier molecular flexibility index (Phi) is 10.8. The second kappa shape index (κ2) is 14.6. The normalized spacial score (nSPS) is 21.5. The first kappa shape index (κ1) is 33.3. The first-order valence-electron chi connectivity index (χ1n) is 15.6. The number of ether oxygens (including phenoxy) is 3. The molecule has 0 unspecified atom stereocenters. The maximum absolute atomic E-state index is 14.1. The zero-order valence-corrected chi connectivity index (χ0v) is 27.0. The number of sulfonamides is 1. The van der Waals surface area contributed by atoms with Gasteiger partial charge in [-0.1, -0.05) is 63.2 Å². The lowest BCUT2D eigenvalue weighted by molar-refractivity contribution is -0.0907. The number of alkyl carbamates (subject to hydrolysis) is 1. The Hall–Kier alpha value is -3.07. The van der Waals surface area contributed by atoms with Gasteiger partial charge in [-0.25, -0.2) is 13.2 Å². The van der Waals surface area contributed by atoms with E-state index in [-0.39, 0.29) is 55.2 Å². The average Bonchev–Trinajstić information content (AvgIpc) is 3.73. The molecule has 13 heteroatoms. The van der Waals surface area contributed by atoms with Gasteiger partial charge >= 0.3 is 6.09 Å². The van der Waals surface area contributed by atoms with Gasteiger partial charge in [-0.15, -0.1) is 0 Å². The summed E-state index contributed by atoms with van der Waals surface area (Å²) in [6.45, 7) is 8.97. The van der Waals surface area contributed by atoms with E-state index in [2.05, 4.69) is 15.8 Å². The van der Waals surface area contributed by atoms with E-state index in [0.29, 0.717) is 29.8 Å². The number of hydrogen-bond donors (Lipinski definition) is 3. The molecular weight excluding hydrogens is 600 g/mol. The van der Waals surface area contributed by atoms with Crippen molar-refractivity contribution in [2.45, 2.75) is 82.6 Å². The minimum atomic E-state index is -4.06. The molecule has 2 fully saturated rings. The topological polar surface area (TPSA) is 152 Å². The number of amides is 1. The maximum atomic E-state index is 14.1. The quantitative estimate of drug-likeness (QED) is 0.238. The van der Waals surface area contributed by atoms with Gasteiger partial charge in [0.1, 0.15) is 11.8 Å². The molecule has 0 bridgehead atoms. The third-order valence-electron chi connectivity index (χ3n) is 8.10. The smallest absolute Gasteiger partial charge is 0.407 e. The van der Waals surface area contributed by atoms with E-state index >= 15 is 0 Å². The van der Waals surface area contributed by atoms with E-state index < -0.39 is 34.4 Å². The van der Waals surface area contributed by atoms with Gasteiger partial charge in [-0.2, -0.15) is 4.31 Å². The van der Waals surface area contributed by atoms with Gasteiger partial charge < -0.3 is 34.5 Å². The number of nitrogens with zero attached hydrogens (tertiary/aromatic N) is 2. The summed E-state index contributed by atoms with van der Waals surface area (Å²) in [5, 5.41) is 22.4. The highest BCUT2D eigenvalue weighted by molar-refractivity contribution is 7.89. The van der Waals surface area contributed by atoms with E-state index in [1.807, 2.05) is 58.0 Å². The summed E-state index contributed by atoms with van der Waals surface area (Å²) in [7, 11) is -4.06. The van der Waals surface area contributed by atoms with E-state index in [1.54, 1.807) is 12.1 Å². The molecule has 3 aromatic rings. The van der Waals surface area contributed by atoms with Crippen molar-refractivity contribution in [1.29, 1.82) is 0 Å². The number of nitrogens with one attached hydrogen (secondary N) is 2. The van der Waals surface area contributed by atoms with Crippen LogP contribution in [0.3, 0.4) is 0 Å². The van der Waals surface area contributed by atoms with Gasteiger partial charge in [-0.05, 0) is 42.5 Å². The van der Waals surface area contributed by atoms with Crippen LogP contribution < -0.4 is 10.6 Å². The van der Waals surface area contributed by atoms with Crippen molar-refractivity contribution >= 4 is 27.1 Å². The van der Waals surface area contributed by atoms with Gasteiger partial charge in [0.25, 0.3) is 0 Å². The molecule has 2 aliphatic rings. The summed E-state index contributed by atoms with van der Waals surface area (Å²) < 4.78 is 51.7. The number of carbonyl (C=O) groups is 1. The van der Waals surface area contributed by atoms with Crippen molar-refractivity contribution in [3.63, 3.8) is 0 Å². The fourth-order valence-electron chi connectivity index (χ4n) is 5.74. The van der Waals surface area contributed by atoms with Crippen LogP contribution in [-0.4, -0.2) is 86.0 Å². The third kappa shape index (κ3) is 8.21. The molecule has 0 radical (unpaired) electrons. The van der Waals surface area contributed by atoms with Crippen LogP contribution in [0.1, 0.15) is 45.4 Å². The van der Waals surface area contributed by atoms with Crippen LogP contribution in [0.5, 0.6) is 0 Å². The summed E-state index contributed by atoms with van der Waals surface area (Å²) in [5.74, 6) is -0.0732. The average molecular weight is 645 g/mol. The summed E-state index contributed by atoms with van der Waals surface area (Å²) >= 11 is 0. The predicted octanol–water partition coefficient (Wildman–Crippen LogP) is 3.43. The minimum absolute atomic E-state index is 0.0356. The Morgan fingerprint density at radius 1 is 1.11 bits per heavy atom. The molecule has 2 aliphatic heterocycles. The molecule has 5 rings (SSSR count). The largest absolute Gasteiger partial charge is 0.443 e. The van der Waals surface area contributed by atoms with Crippen molar-refractivity contribution in [2.24, 2.45) is 11.8 Å². The van der Waals surface area contributed by atoms with Crippen LogP contribution in [0.25, 0.3) is 11.0 Å². The molecule has 5 atom stereocenters. The highest BCUT2D eigenvalue weighted by Gasteiger charge is 2.44.